The maximum atomic E-state index is 12.3. The predicted octanol–water partition coefficient (Wildman–Crippen LogP) is 3.29. The molecule has 1 aliphatic rings. The van der Waals surface area contributed by atoms with Crippen molar-refractivity contribution in [1.29, 1.82) is 0 Å². The number of nitrogen functional groups attached to an aromatic ring is 1. The number of sulfonamides is 1. The highest BCUT2D eigenvalue weighted by Gasteiger charge is 2.24. The molecular weight excluding hydrogens is 352 g/mol. The van der Waals surface area contributed by atoms with Crippen molar-refractivity contribution >= 4 is 39.5 Å². The minimum atomic E-state index is -3.28. The molecule has 1 atom stereocenters. The van der Waals surface area contributed by atoms with Crippen molar-refractivity contribution in [3.8, 4) is 0 Å². The largest absolute Gasteiger partial charge is 0.399 e. The fraction of sp³-hybridized carbons (Fsp3) is 0.375. The van der Waals surface area contributed by atoms with Gasteiger partial charge in [-0.25, -0.2) is 13.1 Å². The number of aryl methyl sites for hydroxylation is 2. The number of anilines is 1. The summed E-state index contributed by atoms with van der Waals surface area (Å²) >= 11 is 1.59. The van der Waals surface area contributed by atoms with Crippen molar-refractivity contribution in [3.05, 3.63) is 51.7 Å². The van der Waals surface area contributed by atoms with Gasteiger partial charge >= 0.3 is 0 Å². The molecule has 0 spiro atoms. The van der Waals surface area contributed by atoms with Crippen molar-refractivity contribution in [1.82, 2.24) is 4.72 Å². The van der Waals surface area contributed by atoms with Crippen LogP contribution in [0.2, 0.25) is 0 Å². The predicted molar refractivity (Wildman–Crippen MR) is 98.7 cm³/mol. The molecule has 1 heterocycles. The summed E-state index contributed by atoms with van der Waals surface area (Å²) in [6, 6.07) is 9.55. The van der Waals surface area contributed by atoms with E-state index in [-0.39, 0.29) is 24.2 Å². The first-order chi connectivity index (χ1) is 10.5. The second kappa shape index (κ2) is 7.66. The molecule has 7 heteroatoms. The van der Waals surface area contributed by atoms with Crippen LogP contribution in [0.4, 0.5) is 5.69 Å². The SMILES string of the molecule is Cl.Nc1ccc2c(c1)CCCC2NS(=O)(=O)CCc1cccs1. The van der Waals surface area contributed by atoms with Crippen molar-refractivity contribution in [2.45, 2.75) is 31.7 Å². The van der Waals surface area contributed by atoms with Crippen LogP contribution in [-0.4, -0.2) is 14.2 Å². The molecule has 1 aromatic heterocycles. The average Bonchev–Trinajstić information content (AvgIpc) is 2.98. The van der Waals surface area contributed by atoms with E-state index in [1.165, 1.54) is 0 Å². The van der Waals surface area contributed by atoms with Gasteiger partial charge in [0.2, 0.25) is 10.0 Å². The molecule has 23 heavy (non-hydrogen) atoms. The van der Waals surface area contributed by atoms with Crippen LogP contribution in [-0.2, 0) is 22.9 Å². The van der Waals surface area contributed by atoms with E-state index >= 15 is 0 Å². The first kappa shape index (κ1) is 18.3. The fourth-order valence-corrected chi connectivity index (χ4v) is 5.05. The van der Waals surface area contributed by atoms with Crippen molar-refractivity contribution in [2.75, 3.05) is 11.5 Å². The molecule has 1 aliphatic carbocycles. The van der Waals surface area contributed by atoms with Gasteiger partial charge < -0.3 is 5.73 Å². The van der Waals surface area contributed by atoms with Gasteiger partial charge in [-0.2, -0.15) is 0 Å². The summed E-state index contributed by atoms with van der Waals surface area (Å²) in [6.07, 6.45) is 3.35. The standard InChI is InChI=1S/C16H20N2O2S2.ClH/c17-13-6-7-15-12(11-13)3-1-5-16(15)18-22(19,20)10-8-14-4-2-9-21-14;/h2,4,6-7,9,11,16,18H,1,3,5,8,10,17H2;1H. The third-order valence-electron chi connectivity index (χ3n) is 4.00. The summed E-state index contributed by atoms with van der Waals surface area (Å²) in [6.45, 7) is 0. The lowest BCUT2D eigenvalue weighted by atomic mass is 9.88. The van der Waals surface area contributed by atoms with Crippen LogP contribution in [0.15, 0.2) is 35.7 Å². The highest BCUT2D eigenvalue weighted by Crippen LogP contribution is 2.31. The van der Waals surface area contributed by atoms with Crippen molar-refractivity contribution in [3.63, 3.8) is 0 Å². The molecule has 4 nitrogen and oxygen atoms in total. The monoisotopic (exact) mass is 372 g/mol. The van der Waals surface area contributed by atoms with E-state index in [0.717, 1.165) is 41.0 Å². The Morgan fingerprint density at radius 2 is 2.13 bits per heavy atom. The maximum Gasteiger partial charge on any atom is 0.212 e. The summed E-state index contributed by atoms with van der Waals surface area (Å²) in [5, 5.41) is 1.97. The van der Waals surface area contributed by atoms with Gasteiger partial charge in [0, 0.05) is 16.6 Å². The number of rotatable bonds is 5. The molecule has 0 bridgehead atoms. The molecule has 1 aromatic carbocycles. The Morgan fingerprint density at radius 3 is 2.87 bits per heavy atom. The lowest BCUT2D eigenvalue weighted by molar-refractivity contribution is 0.507. The summed E-state index contributed by atoms with van der Waals surface area (Å²) in [5.74, 6) is 0.133. The molecule has 0 saturated carbocycles. The first-order valence-corrected chi connectivity index (χ1v) is 9.97. The molecule has 0 fully saturated rings. The number of thiophene rings is 1. The maximum absolute atomic E-state index is 12.3. The minimum absolute atomic E-state index is 0. The Labute approximate surface area is 147 Å². The Bertz CT molecular complexity index is 745. The van der Waals surface area contributed by atoms with Gasteiger partial charge in [-0.05, 0) is 60.4 Å². The summed E-state index contributed by atoms with van der Waals surface area (Å²) < 4.78 is 27.5. The minimum Gasteiger partial charge on any atom is -0.399 e. The summed E-state index contributed by atoms with van der Waals surface area (Å²) in [7, 11) is -3.28. The third-order valence-corrected chi connectivity index (χ3v) is 6.32. The number of hydrogen-bond donors (Lipinski definition) is 2. The number of nitrogens with one attached hydrogen (secondary N) is 1. The molecule has 0 radical (unpaired) electrons. The molecule has 2 aromatic rings. The number of hydrogen-bond acceptors (Lipinski definition) is 4. The van der Waals surface area contributed by atoms with E-state index in [1.54, 1.807) is 11.3 Å². The number of halogens is 1. The molecule has 126 valence electrons. The third kappa shape index (κ3) is 4.70. The van der Waals surface area contributed by atoms with Gasteiger partial charge in [-0.1, -0.05) is 12.1 Å². The van der Waals surface area contributed by atoms with Gasteiger partial charge in [0.25, 0.3) is 0 Å². The highest BCUT2D eigenvalue weighted by atomic mass is 35.5. The fourth-order valence-electron chi connectivity index (χ4n) is 2.92. The van der Waals surface area contributed by atoms with Gasteiger partial charge in [0.15, 0.2) is 0 Å². The van der Waals surface area contributed by atoms with E-state index in [1.807, 2.05) is 35.7 Å². The second-order valence-electron chi connectivity index (χ2n) is 5.67. The zero-order valence-electron chi connectivity index (χ0n) is 12.7. The Kier molecular flexibility index (Phi) is 6.08. The summed E-state index contributed by atoms with van der Waals surface area (Å²) in [5.41, 5.74) is 8.79. The molecule has 0 aliphatic heterocycles. The van der Waals surface area contributed by atoms with E-state index in [4.69, 9.17) is 5.73 Å². The highest BCUT2D eigenvalue weighted by molar-refractivity contribution is 7.89. The quantitative estimate of drug-likeness (QED) is 0.791. The second-order valence-corrected chi connectivity index (χ2v) is 8.57. The molecular formula is C16H21ClN2O2S2. The number of nitrogens with two attached hydrogens (primary N) is 1. The van der Waals surface area contributed by atoms with Crippen LogP contribution in [0, 0.1) is 0 Å². The molecule has 0 saturated heterocycles. The van der Waals surface area contributed by atoms with Crippen LogP contribution < -0.4 is 10.5 Å². The number of fused-ring (bicyclic) bond motifs is 1. The van der Waals surface area contributed by atoms with Crippen LogP contribution >= 0.6 is 23.7 Å². The van der Waals surface area contributed by atoms with Crippen molar-refractivity contribution < 1.29 is 8.42 Å². The smallest absolute Gasteiger partial charge is 0.212 e. The normalized spacial score (nSPS) is 17.3. The van der Waals surface area contributed by atoms with Gasteiger partial charge in [-0.15, -0.1) is 23.7 Å². The van der Waals surface area contributed by atoms with Crippen LogP contribution in [0.1, 0.15) is 34.9 Å². The van der Waals surface area contributed by atoms with Crippen LogP contribution in [0.25, 0.3) is 0 Å². The van der Waals surface area contributed by atoms with Crippen LogP contribution in [0.5, 0.6) is 0 Å². The Morgan fingerprint density at radius 1 is 1.30 bits per heavy atom. The zero-order chi connectivity index (χ0) is 15.6. The van der Waals surface area contributed by atoms with Crippen molar-refractivity contribution in [2.24, 2.45) is 0 Å². The first-order valence-electron chi connectivity index (χ1n) is 7.44. The number of benzene rings is 1. The average molecular weight is 373 g/mol. The molecule has 3 rings (SSSR count). The topological polar surface area (TPSA) is 72.2 Å². The van der Waals surface area contributed by atoms with E-state index in [0.29, 0.717) is 6.42 Å². The van der Waals surface area contributed by atoms with Crippen LogP contribution in [0.3, 0.4) is 0 Å². The van der Waals surface area contributed by atoms with E-state index < -0.39 is 10.0 Å². The molecule has 0 amide bonds. The Hall–Kier alpha value is -1.08. The van der Waals surface area contributed by atoms with Gasteiger partial charge in [0.1, 0.15) is 0 Å². The summed E-state index contributed by atoms with van der Waals surface area (Å²) in [4.78, 5) is 1.10. The van der Waals surface area contributed by atoms with E-state index in [2.05, 4.69) is 4.72 Å². The lowest BCUT2D eigenvalue weighted by Gasteiger charge is -2.26. The lowest BCUT2D eigenvalue weighted by Crippen LogP contribution is -2.33. The van der Waals surface area contributed by atoms with Gasteiger partial charge in [0.05, 0.1) is 5.75 Å². The molecule has 3 N–H and O–H groups in total. The van der Waals surface area contributed by atoms with Gasteiger partial charge in [-0.3, -0.25) is 0 Å². The molecule has 1 unspecified atom stereocenters. The van der Waals surface area contributed by atoms with E-state index in [9.17, 15) is 8.42 Å². The zero-order valence-corrected chi connectivity index (χ0v) is 15.1. The Balaban J connectivity index is 0.00000192.